The van der Waals surface area contributed by atoms with Gasteiger partial charge in [0.1, 0.15) is 0 Å². The molecule has 0 aromatic heterocycles. The lowest BCUT2D eigenvalue weighted by Crippen LogP contribution is -2.45. The molecule has 3 nitrogen and oxygen atoms in total. The summed E-state index contributed by atoms with van der Waals surface area (Å²) in [5.74, 6) is 0. The van der Waals surface area contributed by atoms with Gasteiger partial charge < -0.3 is 10.1 Å². The highest BCUT2D eigenvalue weighted by atomic mass is 35.5. The fourth-order valence-corrected chi connectivity index (χ4v) is 2.37. The van der Waals surface area contributed by atoms with Crippen molar-refractivity contribution >= 4 is 11.6 Å². The molecule has 0 radical (unpaired) electrons. The molecule has 0 unspecified atom stereocenters. The summed E-state index contributed by atoms with van der Waals surface area (Å²) >= 11 is 6.12. The predicted octanol–water partition coefficient (Wildman–Crippen LogP) is 2.87. The summed E-state index contributed by atoms with van der Waals surface area (Å²) in [6.07, 6.45) is 2.56. The Hall–Kier alpha value is -1.08. The van der Waals surface area contributed by atoms with E-state index in [2.05, 4.69) is 11.4 Å². The Morgan fingerprint density at radius 1 is 1.50 bits per heavy atom. The molecule has 2 rings (SSSR count). The predicted molar refractivity (Wildman–Crippen MR) is 71.4 cm³/mol. The quantitative estimate of drug-likeness (QED) is 0.889. The lowest BCUT2D eigenvalue weighted by Gasteiger charge is -2.35. The molecule has 18 heavy (non-hydrogen) atoms. The van der Waals surface area contributed by atoms with Gasteiger partial charge in [0.2, 0.25) is 0 Å². The average molecular weight is 265 g/mol. The van der Waals surface area contributed by atoms with E-state index in [4.69, 9.17) is 21.6 Å². The molecule has 1 fully saturated rings. The maximum Gasteiger partial charge on any atom is 0.0992 e. The Morgan fingerprint density at radius 3 is 2.89 bits per heavy atom. The van der Waals surface area contributed by atoms with Crippen molar-refractivity contribution in [1.29, 1.82) is 5.26 Å². The van der Waals surface area contributed by atoms with Gasteiger partial charge in [0.15, 0.2) is 0 Å². The summed E-state index contributed by atoms with van der Waals surface area (Å²) in [6.45, 7) is 3.56. The van der Waals surface area contributed by atoms with Crippen LogP contribution >= 0.6 is 11.6 Å². The van der Waals surface area contributed by atoms with Gasteiger partial charge in [-0.3, -0.25) is 0 Å². The van der Waals surface area contributed by atoms with Gasteiger partial charge in [-0.15, -0.1) is 0 Å². The summed E-state index contributed by atoms with van der Waals surface area (Å²) in [6, 6.07) is 8.02. The minimum absolute atomic E-state index is 0.420. The van der Waals surface area contributed by atoms with E-state index in [1.165, 1.54) is 0 Å². The maximum atomic E-state index is 8.76. The highest BCUT2D eigenvalue weighted by Gasteiger charge is 2.28. The summed E-state index contributed by atoms with van der Waals surface area (Å²) in [5.41, 5.74) is 1.64. The SMILES string of the molecule is CCOC1CC(NCc2ccc(C#N)cc2Cl)C1. The number of benzene rings is 1. The molecule has 1 saturated carbocycles. The zero-order valence-electron chi connectivity index (χ0n) is 10.4. The first-order valence-corrected chi connectivity index (χ1v) is 6.64. The zero-order chi connectivity index (χ0) is 13.0. The number of hydrogen-bond donors (Lipinski definition) is 1. The molecule has 1 aliphatic rings. The second-order valence-corrected chi connectivity index (χ2v) is 4.95. The lowest BCUT2D eigenvalue weighted by molar-refractivity contribution is -0.0102. The third-order valence-corrected chi connectivity index (χ3v) is 3.61. The van der Waals surface area contributed by atoms with Gasteiger partial charge in [-0.2, -0.15) is 5.26 Å². The highest BCUT2D eigenvalue weighted by molar-refractivity contribution is 6.31. The first-order chi connectivity index (χ1) is 8.72. The van der Waals surface area contributed by atoms with E-state index >= 15 is 0 Å². The minimum Gasteiger partial charge on any atom is -0.378 e. The van der Waals surface area contributed by atoms with Gasteiger partial charge in [-0.05, 0) is 37.5 Å². The molecule has 0 saturated heterocycles. The lowest BCUT2D eigenvalue weighted by atomic mass is 9.89. The van der Waals surface area contributed by atoms with Crippen LogP contribution in [0.5, 0.6) is 0 Å². The molecular formula is C14H17ClN2O. The summed E-state index contributed by atoms with van der Waals surface area (Å²) in [7, 11) is 0. The number of halogens is 1. The zero-order valence-corrected chi connectivity index (χ0v) is 11.2. The van der Waals surface area contributed by atoms with Crippen LogP contribution < -0.4 is 5.32 Å². The van der Waals surface area contributed by atoms with Gasteiger partial charge in [0, 0.05) is 24.2 Å². The van der Waals surface area contributed by atoms with Crippen LogP contribution in [0.3, 0.4) is 0 Å². The van der Waals surface area contributed by atoms with E-state index in [-0.39, 0.29) is 0 Å². The maximum absolute atomic E-state index is 8.76. The summed E-state index contributed by atoms with van der Waals surface area (Å²) in [5, 5.41) is 12.9. The Kier molecular flexibility index (Phi) is 4.60. The fraction of sp³-hybridized carbons (Fsp3) is 0.500. The van der Waals surface area contributed by atoms with Crippen molar-refractivity contribution in [3.8, 4) is 6.07 Å². The highest BCUT2D eigenvalue weighted by Crippen LogP contribution is 2.24. The molecule has 0 heterocycles. The van der Waals surface area contributed by atoms with Gasteiger partial charge in [0.25, 0.3) is 0 Å². The Balaban J connectivity index is 1.80. The van der Waals surface area contributed by atoms with Crippen LogP contribution in [0.25, 0.3) is 0 Å². The van der Waals surface area contributed by atoms with Crippen molar-refractivity contribution in [2.75, 3.05) is 6.61 Å². The molecule has 0 atom stereocenters. The molecule has 0 bridgehead atoms. The Labute approximate surface area is 113 Å². The van der Waals surface area contributed by atoms with Crippen molar-refractivity contribution in [1.82, 2.24) is 5.32 Å². The number of rotatable bonds is 5. The van der Waals surface area contributed by atoms with Crippen molar-refractivity contribution in [2.45, 2.75) is 38.5 Å². The average Bonchev–Trinajstić information content (AvgIpc) is 2.33. The first-order valence-electron chi connectivity index (χ1n) is 6.26. The molecular weight excluding hydrogens is 248 g/mol. The van der Waals surface area contributed by atoms with Crippen LogP contribution in [0.15, 0.2) is 18.2 Å². The smallest absolute Gasteiger partial charge is 0.0992 e. The van der Waals surface area contributed by atoms with Crippen LogP contribution in [-0.2, 0) is 11.3 Å². The van der Waals surface area contributed by atoms with E-state index in [0.29, 0.717) is 22.7 Å². The van der Waals surface area contributed by atoms with E-state index in [0.717, 1.165) is 31.6 Å². The second-order valence-electron chi connectivity index (χ2n) is 4.54. The van der Waals surface area contributed by atoms with Crippen LogP contribution in [-0.4, -0.2) is 18.8 Å². The molecule has 0 aliphatic heterocycles. The van der Waals surface area contributed by atoms with Crippen LogP contribution in [0.4, 0.5) is 0 Å². The molecule has 0 amide bonds. The molecule has 96 valence electrons. The molecule has 4 heteroatoms. The van der Waals surface area contributed by atoms with E-state index < -0.39 is 0 Å². The Bertz CT molecular complexity index is 450. The Morgan fingerprint density at radius 2 is 2.28 bits per heavy atom. The van der Waals surface area contributed by atoms with Crippen LogP contribution in [0.2, 0.25) is 5.02 Å². The largest absolute Gasteiger partial charge is 0.378 e. The number of nitrogens with one attached hydrogen (secondary N) is 1. The first kappa shape index (κ1) is 13.4. The van der Waals surface area contributed by atoms with Crippen molar-refractivity contribution in [3.63, 3.8) is 0 Å². The van der Waals surface area contributed by atoms with Crippen molar-refractivity contribution in [3.05, 3.63) is 34.3 Å². The third kappa shape index (κ3) is 3.23. The minimum atomic E-state index is 0.420. The van der Waals surface area contributed by atoms with E-state index in [1.807, 2.05) is 13.0 Å². The number of nitriles is 1. The molecule has 1 N–H and O–H groups in total. The van der Waals surface area contributed by atoms with E-state index in [1.54, 1.807) is 12.1 Å². The van der Waals surface area contributed by atoms with Gasteiger partial charge in [0.05, 0.1) is 17.7 Å². The van der Waals surface area contributed by atoms with Gasteiger partial charge in [-0.25, -0.2) is 0 Å². The van der Waals surface area contributed by atoms with Crippen LogP contribution in [0.1, 0.15) is 30.9 Å². The number of ether oxygens (including phenoxy) is 1. The summed E-state index contributed by atoms with van der Waals surface area (Å²) < 4.78 is 5.51. The molecule has 0 spiro atoms. The standard InChI is InChI=1S/C14H17ClN2O/c1-2-18-13-6-12(7-13)17-9-11-4-3-10(8-16)5-14(11)15/h3-5,12-13,17H,2,6-7,9H2,1H3. The van der Waals surface area contributed by atoms with Gasteiger partial charge in [-0.1, -0.05) is 17.7 Å². The van der Waals surface area contributed by atoms with Gasteiger partial charge >= 0.3 is 0 Å². The summed E-state index contributed by atoms with van der Waals surface area (Å²) in [4.78, 5) is 0. The molecule has 1 aromatic rings. The van der Waals surface area contributed by atoms with Crippen LogP contribution in [0, 0.1) is 11.3 Å². The van der Waals surface area contributed by atoms with Crippen molar-refractivity contribution < 1.29 is 4.74 Å². The second kappa shape index (κ2) is 6.19. The number of hydrogen-bond acceptors (Lipinski definition) is 3. The van der Waals surface area contributed by atoms with Crippen molar-refractivity contribution in [2.24, 2.45) is 0 Å². The monoisotopic (exact) mass is 264 g/mol. The normalized spacial score (nSPS) is 22.3. The van der Waals surface area contributed by atoms with E-state index in [9.17, 15) is 0 Å². The number of nitrogens with zero attached hydrogens (tertiary/aromatic N) is 1. The molecule has 1 aliphatic carbocycles. The topological polar surface area (TPSA) is 45.0 Å². The third-order valence-electron chi connectivity index (χ3n) is 3.26. The molecule has 1 aromatic carbocycles. The fourth-order valence-electron chi connectivity index (χ4n) is 2.12.